The van der Waals surface area contributed by atoms with Crippen molar-refractivity contribution in [1.82, 2.24) is 0 Å². The van der Waals surface area contributed by atoms with Crippen molar-refractivity contribution >= 4 is 28.5 Å². The van der Waals surface area contributed by atoms with E-state index in [2.05, 4.69) is 14.5 Å². The number of hydrogen-bond donors (Lipinski definition) is 1. The van der Waals surface area contributed by atoms with Crippen LogP contribution in [0.1, 0.15) is 0 Å². The van der Waals surface area contributed by atoms with Crippen LogP contribution in [-0.4, -0.2) is 27.5 Å². The Hall–Kier alpha value is -1.81. The number of hydrogen-bond acceptors (Lipinski definition) is 7. The fourth-order valence-electron chi connectivity index (χ4n) is 0.984. The Labute approximate surface area is 98.0 Å². The van der Waals surface area contributed by atoms with Gasteiger partial charge in [0.05, 0.1) is 4.92 Å². The van der Waals surface area contributed by atoms with E-state index in [9.17, 15) is 18.5 Å². The minimum Gasteiger partial charge on any atom is -0.388 e. The molecule has 0 aliphatic rings. The zero-order valence-corrected chi connectivity index (χ0v) is 9.85. The van der Waals surface area contributed by atoms with Crippen LogP contribution in [0.5, 0.6) is 5.75 Å². The van der Waals surface area contributed by atoms with E-state index in [4.69, 9.17) is 0 Å². The van der Waals surface area contributed by atoms with Crippen molar-refractivity contribution in [3.63, 3.8) is 0 Å². The summed E-state index contributed by atoms with van der Waals surface area (Å²) >= 11 is 0. The van der Waals surface area contributed by atoms with E-state index in [1.807, 2.05) is 0 Å². The van der Waals surface area contributed by atoms with Crippen LogP contribution in [-0.2, 0) is 14.3 Å². The number of nitro benzene ring substituents is 1. The molecule has 17 heavy (non-hydrogen) atoms. The Balaban J connectivity index is 3.03. The summed E-state index contributed by atoms with van der Waals surface area (Å²) in [5.41, 5.74) is 0.0869. The Morgan fingerprint density at radius 1 is 1.47 bits per heavy atom. The van der Waals surface area contributed by atoms with Crippen molar-refractivity contribution < 1.29 is 22.6 Å². The summed E-state index contributed by atoms with van der Waals surface area (Å²) in [7, 11) is -1.49. The number of benzene rings is 1. The molecule has 0 bridgehead atoms. The van der Waals surface area contributed by atoms with Crippen molar-refractivity contribution in [3.05, 3.63) is 28.3 Å². The Bertz CT molecular complexity index is 531. The largest absolute Gasteiger partial charge is 0.388 e. The van der Waals surface area contributed by atoms with E-state index in [0.717, 1.165) is 7.12 Å². The normalized spacial score (nSPS) is 10.9. The molecule has 0 radical (unpaired) electrons. The Morgan fingerprint density at radius 3 is 2.59 bits per heavy atom. The molecule has 0 heterocycles. The SMILES string of the molecule is BS(=O)(=O)OOc1ccc(NC)cc1[N+](=O)[O-]. The summed E-state index contributed by atoms with van der Waals surface area (Å²) in [6, 6.07) is 3.91. The lowest BCUT2D eigenvalue weighted by Gasteiger charge is -2.05. The van der Waals surface area contributed by atoms with Gasteiger partial charge in [-0.1, -0.05) is 4.33 Å². The highest BCUT2D eigenvalue weighted by atomic mass is 32.2. The summed E-state index contributed by atoms with van der Waals surface area (Å²) in [5, 5.41) is 13.4. The lowest BCUT2D eigenvalue weighted by atomic mass is 10.2. The lowest BCUT2D eigenvalue weighted by molar-refractivity contribution is -0.387. The van der Waals surface area contributed by atoms with E-state index in [1.54, 1.807) is 7.05 Å². The van der Waals surface area contributed by atoms with Crippen LogP contribution in [0.2, 0.25) is 0 Å². The summed E-state index contributed by atoms with van der Waals surface area (Å²) < 4.78 is 25.4. The zero-order chi connectivity index (χ0) is 13.1. The molecule has 10 heteroatoms. The van der Waals surface area contributed by atoms with Gasteiger partial charge in [0.15, 0.2) is 0 Å². The van der Waals surface area contributed by atoms with E-state index in [0.29, 0.717) is 5.69 Å². The van der Waals surface area contributed by atoms with E-state index < -0.39 is 20.6 Å². The molecule has 8 nitrogen and oxygen atoms in total. The van der Waals surface area contributed by atoms with Gasteiger partial charge in [-0.25, -0.2) is 8.42 Å². The molecule has 1 N–H and O–H groups in total. The molecular formula is C7H9BN2O6S. The van der Waals surface area contributed by atoms with Crippen LogP contribution in [0.4, 0.5) is 11.4 Å². The third-order valence-electron chi connectivity index (χ3n) is 1.69. The standard InChI is InChI=1S/C7H9BN2O6S/c1-9-5-2-3-7(6(4-5)10(11)12)15-16-17(8,13)14/h2-4,9H,8H2,1H3. The van der Waals surface area contributed by atoms with Gasteiger partial charge < -0.3 is 10.2 Å². The van der Waals surface area contributed by atoms with Crippen molar-refractivity contribution in [2.45, 2.75) is 0 Å². The topological polar surface area (TPSA) is 108 Å². The molecule has 1 rings (SSSR count). The molecule has 92 valence electrons. The second-order valence-corrected chi connectivity index (χ2v) is 4.59. The van der Waals surface area contributed by atoms with Crippen LogP contribution >= 0.6 is 0 Å². The number of rotatable bonds is 5. The average Bonchev–Trinajstić information content (AvgIpc) is 2.25. The van der Waals surface area contributed by atoms with Crippen molar-refractivity contribution in [1.29, 1.82) is 0 Å². The van der Waals surface area contributed by atoms with Gasteiger partial charge in [-0.2, -0.15) is 0 Å². The Morgan fingerprint density at radius 2 is 2.12 bits per heavy atom. The molecule has 0 aliphatic heterocycles. The fourth-order valence-corrected chi connectivity index (χ4v) is 1.18. The predicted octanol–water partition coefficient (Wildman–Crippen LogP) is -0.175. The maximum atomic E-state index is 10.7. The summed E-state index contributed by atoms with van der Waals surface area (Å²) in [5.74, 6) is -0.292. The maximum Gasteiger partial charge on any atom is 0.317 e. The highest BCUT2D eigenvalue weighted by Gasteiger charge is 2.18. The van der Waals surface area contributed by atoms with Gasteiger partial charge in [-0.3, -0.25) is 10.1 Å². The first-order valence-electron chi connectivity index (χ1n) is 4.36. The molecule has 1 aromatic rings. The first-order chi connectivity index (χ1) is 7.83. The molecule has 0 aromatic heterocycles. The monoisotopic (exact) mass is 260 g/mol. The van der Waals surface area contributed by atoms with Crippen LogP contribution in [0, 0.1) is 10.1 Å². The summed E-state index contributed by atoms with van der Waals surface area (Å²) in [6.07, 6.45) is 0. The molecule has 0 amide bonds. The Kier molecular flexibility index (Phi) is 3.91. The number of nitrogens with one attached hydrogen (secondary N) is 1. The molecule has 0 unspecified atom stereocenters. The predicted molar refractivity (Wildman–Crippen MR) is 61.8 cm³/mol. The minimum atomic E-state index is -3.84. The van der Waals surface area contributed by atoms with Gasteiger partial charge in [-0.05, 0) is 12.1 Å². The minimum absolute atomic E-state index is 0.292. The highest BCUT2D eigenvalue weighted by Crippen LogP contribution is 2.30. The summed E-state index contributed by atoms with van der Waals surface area (Å²) in [6.45, 7) is 0. The van der Waals surface area contributed by atoms with Crippen LogP contribution in [0.15, 0.2) is 18.2 Å². The molecule has 0 atom stereocenters. The molecule has 0 aliphatic carbocycles. The van der Waals surface area contributed by atoms with Gasteiger partial charge in [0.1, 0.15) is 0 Å². The second kappa shape index (κ2) is 5.02. The zero-order valence-electron chi connectivity index (χ0n) is 9.04. The fraction of sp³-hybridized carbons (Fsp3) is 0.143. The molecule has 0 saturated heterocycles. The number of nitro groups is 1. The average molecular weight is 260 g/mol. The lowest BCUT2D eigenvalue weighted by Crippen LogP contribution is -2.09. The van der Waals surface area contributed by atoms with Gasteiger partial charge in [-0.15, -0.1) is 0 Å². The molecule has 0 spiro atoms. The smallest absolute Gasteiger partial charge is 0.317 e. The first-order valence-corrected chi connectivity index (χ1v) is 6.17. The second-order valence-electron chi connectivity index (χ2n) is 3.05. The van der Waals surface area contributed by atoms with E-state index >= 15 is 0 Å². The highest BCUT2D eigenvalue weighted by molar-refractivity contribution is 8.08. The number of nitrogens with zero attached hydrogens (tertiary/aromatic N) is 1. The van der Waals surface area contributed by atoms with Crippen LogP contribution < -0.4 is 10.2 Å². The number of anilines is 1. The van der Waals surface area contributed by atoms with E-state index in [-0.39, 0.29) is 5.75 Å². The van der Waals surface area contributed by atoms with E-state index in [1.165, 1.54) is 18.2 Å². The summed E-state index contributed by atoms with van der Waals surface area (Å²) in [4.78, 5) is 14.4. The van der Waals surface area contributed by atoms with Crippen LogP contribution in [0.3, 0.4) is 0 Å². The van der Waals surface area contributed by atoms with Gasteiger partial charge >= 0.3 is 5.69 Å². The third kappa shape index (κ3) is 3.92. The molecular weight excluding hydrogens is 251 g/mol. The molecule has 1 aromatic carbocycles. The van der Waals surface area contributed by atoms with Crippen molar-refractivity contribution in [3.8, 4) is 5.75 Å². The quantitative estimate of drug-likeness (QED) is 0.338. The first kappa shape index (κ1) is 13.3. The van der Waals surface area contributed by atoms with Gasteiger partial charge in [0, 0.05) is 18.8 Å². The van der Waals surface area contributed by atoms with Gasteiger partial charge in [0.2, 0.25) is 15.7 Å². The van der Waals surface area contributed by atoms with Crippen LogP contribution in [0.25, 0.3) is 0 Å². The third-order valence-corrected chi connectivity index (χ3v) is 2.01. The van der Waals surface area contributed by atoms with Crippen molar-refractivity contribution in [2.75, 3.05) is 12.4 Å². The van der Waals surface area contributed by atoms with Crippen molar-refractivity contribution in [2.24, 2.45) is 0 Å². The van der Waals surface area contributed by atoms with Gasteiger partial charge in [0.25, 0.3) is 7.12 Å². The molecule has 0 fully saturated rings. The maximum absolute atomic E-state index is 10.7. The molecule has 0 saturated carbocycles.